The van der Waals surface area contributed by atoms with Crippen LogP contribution in [0.2, 0.25) is 0 Å². The molecule has 0 aliphatic carbocycles. The van der Waals surface area contributed by atoms with Crippen LogP contribution in [0.3, 0.4) is 0 Å². The Kier molecular flexibility index (Phi) is 3.52. The van der Waals surface area contributed by atoms with Gasteiger partial charge in [0.15, 0.2) is 0 Å². The van der Waals surface area contributed by atoms with Crippen molar-refractivity contribution in [3.63, 3.8) is 0 Å². The van der Waals surface area contributed by atoms with Gasteiger partial charge in [-0.15, -0.1) is 16.4 Å². The molecule has 2 N–H and O–H groups in total. The van der Waals surface area contributed by atoms with E-state index >= 15 is 0 Å². The maximum atomic E-state index is 5.78. The van der Waals surface area contributed by atoms with Gasteiger partial charge in [0.25, 0.3) is 0 Å². The summed E-state index contributed by atoms with van der Waals surface area (Å²) in [6.45, 7) is 2.92. The smallest absolute Gasteiger partial charge is 0.132 e. The lowest BCUT2D eigenvalue weighted by molar-refractivity contribution is 0.254. The van der Waals surface area contributed by atoms with Crippen LogP contribution in [0.1, 0.15) is 23.5 Å². The first-order valence-electron chi connectivity index (χ1n) is 4.99. The molecule has 2 heterocycles. The van der Waals surface area contributed by atoms with Gasteiger partial charge in [0, 0.05) is 29.0 Å². The Morgan fingerprint density at radius 3 is 2.94 bits per heavy atom. The maximum absolute atomic E-state index is 5.78. The number of hydrogen-bond acceptors (Lipinski definition) is 6. The highest BCUT2D eigenvalue weighted by molar-refractivity contribution is 7.10. The highest BCUT2D eigenvalue weighted by Crippen LogP contribution is 2.25. The fraction of sp³-hybridized carbons (Fsp3) is 0.400. The number of nitrogen functional groups attached to an aromatic ring is 1. The highest BCUT2D eigenvalue weighted by Gasteiger charge is 2.15. The molecule has 0 amide bonds. The SMILES string of the molecule is CC(c1cccs1)N(C)Cc1nnsc1N. The maximum Gasteiger partial charge on any atom is 0.132 e. The quantitative estimate of drug-likeness (QED) is 0.910. The molecule has 1 atom stereocenters. The van der Waals surface area contributed by atoms with Crippen molar-refractivity contribution in [3.05, 3.63) is 28.1 Å². The molecule has 2 aromatic heterocycles. The summed E-state index contributed by atoms with van der Waals surface area (Å²) in [5.74, 6) is 0. The molecule has 0 aliphatic heterocycles. The van der Waals surface area contributed by atoms with E-state index < -0.39 is 0 Å². The Bertz CT molecular complexity index is 437. The van der Waals surface area contributed by atoms with Gasteiger partial charge >= 0.3 is 0 Å². The first-order chi connectivity index (χ1) is 7.68. The summed E-state index contributed by atoms with van der Waals surface area (Å²) in [5.41, 5.74) is 6.65. The number of thiophene rings is 1. The monoisotopic (exact) mass is 254 g/mol. The Morgan fingerprint density at radius 1 is 1.56 bits per heavy atom. The van der Waals surface area contributed by atoms with E-state index in [9.17, 15) is 0 Å². The van der Waals surface area contributed by atoms with Gasteiger partial charge in [0.05, 0.1) is 0 Å². The number of anilines is 1. The van der Waals surface area contributed by atoms with Gasteiger partial charge in [-0.25, -0.2) is 0 Å². The second-order valence-electron chi connectivity index (χ2n) is 3.69. The number of nitrogens with two attached hydrogens (primary N) is 1. The molecule has 0 saturated carbocycles. The number of hydrogen-bond donors (Lipinski definition) is 1. The number of aromatic nitrogens is 2. The second-order valence-corrected chi connectivity index (χ2v) is 5.46. The van der Waals surface area contributed by atoms with Crippen LogP contribution in [-0.4, -0.2) is 21.5 Å². The van der Waals surface area contributed by atoms with Crippen molar-refractivity contribution in [1.29, 1.82) is 0 Å². The summed E-state index contributed by atoms with van der Waals surface area (Å²) in [7, 11) is 2.07. The van der Waals surface area contributed by atoms with Crippen LogP contribution in [0.5, 0.6) is 0 Å². The van der Waals surface area contributed by atoms with Gasteiger partial charge in [-0.2, -0.15) is 0 Å². The van der Waals surface area contributed by atoms with Crippen molar-refractivity contribution in [2.24, 2.45) is 0 Å². The lowest BCUT2D eigenvalue weighted by Gasteiger charge is -2.22. The summed E-state index contributed by atoms with van der Waals surface area (Å²) in [4.78, 5) is 3.57. The molecule has 0 spiro atoms. The Hall–Kier alpha value is -0.980. The average Bonchev–Trinajstić information content (AvgIpc) is 2.89. The van der Waals surface area contributed by atoms with Gasteiger partial charge < -0.3 is 5.73 Å². The first kappa shape index (κ1) is 11.5. The molecule has 16 heavy (non-hydrogen) atoms. The molecule has 1 unspecified atom stereocenters. The van der Waals surface area contributed by atoms with Crippen LogP contribution in [0.15, 0.2) is 17.5 Å². The minimum Gasteiger partial charge on any atom is -0.388 e. The predicted octanol–water partition coefficient (Wildman–Crippen LogP) is 2.37. The van der Waals surface area contributed by atoms with Crippen molar-refractivity contribution in [3.8, 4) is 0 Å². The lowest BCUT2D eigenvalue weighted by Crippen LogP contribution is -2.21. The molecule has 0 fully saturated rings. The molecule has 6 heteroatoms. The first-order valence-corrected chi connectivity index (χ1v) is 6.64. The lowest BCUT2D eigenvalue weighted by atomic mass is 10.2. The van der Waals surface area contributed by atoms with E-state index in [0.29, 0.717) is 11.0 Å². The summed E-state index contributed by atoms with van der Waals surface area (Å²) < 4.78 is 3.84. The van der Waals surface area contributed by atoms with E-state index in [4.69, 9.17) is 5.73 Å². The minimum atomic E-state index is 0.376. The molecule has 0 aromatic carbocycles. The van der Waals surface area contributed by atoms with E-state index in [2.05, 4.69) is 46.0 Å². The van der Waals surface area contributed by atoms with Gasteiger partial charge in [0.1, 0.15) is 10.7 Å². The van der Waals surface area contributed by atoms with E-state index in [0.717, 1.165) is 12.2 Å². The summed E-state index contributed by atoms with van der Waals surface area (Å²) in [5, 5.41) is 6.83. The molecule has 2 rings (SSSR count). The molecule has 0 radical (unpaired) electrons. The molecular weight excluding hydrogens is 240 g/mol. The number of nitrogens with zero attached hydrogens (tertiary/aromatic N) is 3. The van der Waals surface area contributed by atoms with Crippen molar-refractivity contribution in [2.45, 2.75) is 19.5 Å². The zero-order valence-electron chi connectivity index (χ0n) is 9.25. The van der Waals surface area contributed by atoms with Crippen LogP contribution in [0.25, 0.3) is 0 Å². The molecule has 86 valence electrons. The van der Waals surface area contributed by atoms with E-state index in [1.54, 1.807) is 11.3 Å². The third-order valence-electron chi connectivity index (χ3n) is 2.60. The van der Waals surface area contributed by atoms with E-state index in [1.807, 2.05) is 0 Å². The molecular formula is C10H14N4S2. The van der Waals surface area contributed by atoms with Gasteiger partial charge in [-0.1, -0.05) is 10.6 Å². The summed E-state index contributed by atoms with van der Waals surface area (Å²) in [6.07, 6.45) is 0. The normalized spacial score (nSPS) is 13.2. The largest absolute Gasteiger partial charge is 0.388 e. The van der Waals surface area contributed by atoms with Crippen LogP contribution in [0, 0.1) is 0 Å². The van der Waals surface area contributed by atoms with E-state index in [-0.39, 0.29) is 0 Å². The molecule has 0 bridgehead atoms. The summed E-state index contributed by atoms with van der Waals surface area (Å²) in [6, 6.07) is 4.60. The van der Waals surface area contributed by atoms with Crippen LogP contribution in [-0.2, 0) is 6.54 Å². The zero-order valence-corrected chi connectivity index (χ0v) is 10.9. The highest BCUT2D eigenvalue weighted by atomic mass is 32.1. The Labute approximate surface area is 103 Å². The van der Waals surface area contributed by atoms with E-state index in [1.165, 1.54) is 16.4 Å². The van der Waals surface area contributed by atoms with Crippen LogP contribution in [0.4, 0.5) is 5.00 Å². The Balaban J connectivity index is 2.03. The van der Waals surface area contributed by atoms with Crippen molar-refractivity contribution in [1.82, 2.24) is 14.5 Å². The van der Waals surface area contributed by atoms with Crippen molar-refractivity contribution < 1.29 is 0 Å². The predicted molar refractivity (Wildman–Crippen MR) is 68.5 cm³/mol. The van der Waals surface area contributed by atoms with Crippen LogP contribution < -0.4 is 5.73 Å². The van der Waals surface area contributed by atoms with Gasteiger partial charge in [0.2, 0.25) is 0 Å². The van der Waals surface area contributed by atoms with Gasteiger partial charge in [-0.05, 0) is 25.4 Å². The average molecular weight is 254 g/mol. The zero-order chi connectivity index (χ0) is 11.5. The third kappa shape index (κ3) is 2.40. The van der Waals surface area contributed by atoms with Crippen LogP contribution >= 0.6 is 22.9 Å². The second kappa shape index (κ2) is 4.90. The van der Waals surface area contributed by atoms with Gasteiger partial charge in [-0.3, -0.25) is 4.90 Å². The Morgan fingerprint density at radius 2 is 2.38 bits per heavy atom. The standard InChI is InChI=1S/C10H14N4S2/c1-7(9-4-3-5-15-9)14(2)6-8-10(11)16-13-12-8/h3-5,7H,6,11H2,1-2H3. The third-order valence-corrected chi connectivity index (χ3v) is 4.24. The fourth-order valence-corrected chi connectivity index (χ4v) is 2.73. The molecule has 4 nitrogen and oxygen atoms in total. The van der Waals surface area contributed by atoms with Crippen molar-refractivity contribution >= 4 is 27.9 Å². The minimum absolute atomic E-state index is 0.376. The topological polar surface area (TPSA) is 55.0 Å². The molecule has 0 aliphatic rings. The molecule has 2 aromatic rings. The fourth-order valence-electron chi connectivity index (χ4n) is 1.44. The number of rotatable bonds is 4. The van der Waals surface area contributed by atoms with Crippen molar-refractivity contribution in [2.75, 3.05) is 12.8 Å². The summed E-state index contributed by atoms with van der Waals surface area (Å²) >= 11 is 3.02. The molecule has 0 saturated heterocycles.